The van der Waals surface area contributed by atoms with E-state index in [9.17, 15) is 12.8 Å². The fraction of sp³-hybridized carbons (Fsp3) is 0.263. The number of hydrogen-bond donors (Lipinski definition) is 0. The Hall–Kier alpha value is -2.58. The average molecular weight is 387 g/mol. The lowest BCUT2D eigenvalue weighted by Crippen LogP contribution is -2.30. The minimum Gasteiger partial charge on any atom is -0.334 e. The molecule has 27 heavy (non-hydrogen) atoms. The molecule has 1 aliphatic heterocycles. The third kappa shape index (κ3) is 3.91. The van der Waals surface area contributed by atoms with E-state index >= 15 is 0 Å². The van der Waals surface area contributed by atoms with Crippen LogP contribution in [0.3, 0.4) is 0 Å². The van der Waals surface area contributed by atoms with Crippen LogP contribution in [0, 0.1) is 5.82 Å². The number of hydrogen-bond acceptors (Lipinski definition) is 5. The van der Waals surface area contributed by atoms with Gasteiger partial charge in [0.05, 0.1) is 5.75 Å². The van der Waals surface area contributed by atoms with Gasteiger partial charge in [0.1, 0.15) is 5.82 Å². The summed E-state index contributed by atoms with van der Waals surface area (Å²) < 4.78 is 45.1. The second-order valence-corrected chi connectivity index (χ2v) is 8.52. The molecular weight excluding hydrogens is 369 g/mol. The molecule has 0 radical (unpaired) electrons. The largest absolute Gasteiger partial charge is 0.334 e. The molecule has 0 spiro atoms. The first-order valence-corrected chi connectivity index (χ1v) is 10.2. The number of nitrogens with zero attached hydrogens (tertiary/aromatic N) is 3. The van der Waals surface area contributed by atoms with Gasteiger partial charge >= 0.3 is 0 Å². The maximum atomic E-state index is 13.0. The number of sulfonamides is 1. The van der Waals surface area contributed by atoms with Crippen molar-refractivity contribution in [3.8, 4) is 11.5 Å². The van der Waals surface area contributed by atoms with Crippen molar-refractivity contribution in [3.63, 3.8) is 0 Å². The first-order chi connectivity index (χ1) is 13.0. The number of halogens is 1. The summed E-state index contributed by atoms with van der Waals surface area (Å²) in [5.74, 6) is 0.311. The van der Waals surface area contributed by atoms with Crippen molar-refractivity contribution in [1.29, 1.82) is 0 Å². The Morgan fingerprint density at radius 1 is 1.11 bits per heavy atom. The summed E-state index contributed by atoms with van der Waals surface area (Å²) in [5, 5.41) is 4.04. The zero-order valence-corrected chi connectivity index (χ0v) is 15.3. The van der Waals surface area contributed by atoms with Crippen molar-refractivity contribution in [2.75, 3.05) is 13.1 Å². The summed E-state index contributed by atoms with van der Waals surface area (Å²) in [4.78, 5) is 4.43. The Morgan fingerprint density at radius 2 is 1.85 bits per heavy atom. The lowest BCUT2D eigenvalue weighted by molar-refractivity contribution is 0.414. The monoisotopic (exact) mass is 387 g/mol. The van der Waals surface area contributed by atoms with Gasteiger partial charge in [-0.05, 0) is 36.2 Å². The van der Waals surface area contributed by atoms with E-state index < -0.39 is 10.0 Å². The topological polar surface area (TPSA) is 76.3 Å². The van der Waals surface area contributed by atoms with Crippen molar-refractivity contribution in [3.05, 3.63) is 71.8 Å². The van der Waals surface area contributed by atoms with Crippen molar-refractivity contribution in [2.24, 2.45) is 0 Å². The van der Waals surface area contributed by atoms with Gasteiger partial charge in [0.2, 0.25) is 10.0 Å². The third-order valence-corrected chi connectivity index (χ3v) is 6.45. The van der Waals surface area contributed by atoms with Crippen molar-refractivity contribution >= 4 is 10.0 Å². The normalized spacial score (nSPS) is 18.0. The Kier molecular flexibility index (Phi) is 4.75. The molecule has 0 bridgehead atoms. The summed E-state index contributed by atoms with van der Waals surface area (Å²) in [7, 11) is -3.49. The van der Waals surface area contributed by atoms with Gasteiger partial charge in [-0.2, -0.15) is 4.98 Å². The highest BCUT2D eigenvalue weighted by molar-refractivity contribution is 7.88. The van der Waals surface area contributed by atoms with E-state index in [1.807, 2.05) is 30.3 Å². The quantitative estimate of drug-likeness (QED) is 0.672. The number of benzene rings is 2. The van der Waals surface area contributed by atoms with Crippen LogP contribution >= 0.6 is 0 Å². The molecule has 3 aromatic rings. The molecule has 1 fully saturated rings. The van der Waals surface area contributed by atoms with Crippen LogP contribution in [0.25, 0.3) is 11.5 Å². The minimum absolute atomic E-state index is 0.103. The highest BCUT2D eigenvalue weighted by Crippen LogP contribution is 2.29. The van der Waals surface area contributed by atoms with Crippen LogP contribution in [0.5, 0.6) is 0 Å². The molecule has 0 amide bonds. The van der Waals surface area contributed by atoms with Crippen LogP contribution in [-0.4, -0.2) is 36.0 Å². The predicted molar refractivity (Wildman–Crippen MR) is 97.7 cm³/mol. The lowest BCUT2D eigenvalue weighted by atomic mass is 10.1. The molecule has 2 heterocycles. The molecule has 1 saturated heterocycles. The lowest BCUT2D eigenvalue weighted by Gasteiger charge is -2.16. The Labute approximate surface area is 156 Å². The molecule has 0 saturated carbocycles. The van der Waals surface area contributed by atoms with Crippen LogP contribution in [0.15, 0.2) is 59.1 Å². The fourth-order valence-electron chi connectivity index (χ4n) is 3.17. The minimum atomic E-state index is -3.49. The highest BCUT2D eigenvalue weighted by atomic mass is 32.2. The second kappa shape index (κ2) is 7.21. The fourth-order valence-corrected chi connectivity index (χ4v) is 4.76. The Bertz CT molecular complexity index is 1020. The predicted octanol–water partition coefficient (Wildman–Crippen LogP) is 3.20. The number of aromatic nitrogens is 2. The molecule has 8 heteroatoms. The van der Waals surface area contributed by atoms with Crippen molar-refractivity contribution in [2.45, 2.75) is 18.1 Å². The maximum absolute atomic E-state index is 13.0. The van der Waals surface area contributed by atoms with E-state index in [1.54, 1.807) is 0 Å². The van der Waals surface area contributed by atoms with E-state index in [1.165, 1.54) is 28.6 Å². The highest BCUT2D eigenvalue weighted by Gasteiger charge is 2.34. The summed E-state index contributed by atoms with van der Waals surface area (Å²) in [6.07, 6.45) is 0.635. The first kappa shape index (κ1) is 17.8. The molecule has 1 aliphatic rings. The van der Waals surface area contributed by atoms with Gasteiger partial charge in [-0.15, -0.1) is 0 Å². The SMILES string of the molecule is O=S(=O)(Cc1ccc(F)cc1)N1CC[C@@H](c2noc(-c3ccccc3)n2)C1. The molecular formula is C19H18FN3O3S. The van der Waals surface area contributed by atoms with Crippen molar-refractivity contribution < 1.29 is 17.3 Å². The summed E-state index contributed by atoms with van der Waals surface area (Å²) in [6, 6.07) is 15.0. The number of rotatable bonds is 5. The van der Waals surface area contributed by atoms with E-state index in [2.05, 4.69) is 10.1 Å². The van der Waals surface area contributed by atoms with Gasteiger partial charge in [0, 0.05) is 24.6 Å². The van der Waals surface area contributed by atoms with E-state index in [0.717, 1.165) is 5.56 Å². The van der Waals surface area contributed by atoms with Gasteiger partial charge in [0.15, 0.2) is 5.82 Å². The molecule has 4 rings (SSSR count). The molecule has 0 aliphatic carbocycles. The van der Waals surface area contributed by atoms with Gasteiger partial charge in [0.25, 0.3) is 5.89 Å². The van der Waals surface area contributed by atoms with Crippen LogP contribution in [0.4, 0.5) is 4.39 Å². The average Bonchev–Trinajstić information content (AvgIpc) is 3.34. The van der Waals surface area contributed by atoms with Gasteiger partial charge in [-0.25, -0.2) is 17.1 Å². The standard InChI is InChI=1S/C19H18FN3O3S/c20-17-8-6-14(7-9-17)13-27(24,25)23-11-10-16(12-23)18-21-19(26-22-18)15-4-2-1-3-5-15/h1-9,16H,10-13H2/t16-/m1/s1. The zero-order valence-electron chi connectivity index (χ0n) is 14.5. The molecule has 0 unspecified atom stereocenters. The maximum Gasteiger partial charge on any atom is 0.257 e. The van der Waals surface area contributed by atoms with Gasteiger partial charge in [-0.1, -0.05) is 35.5 Å². The van der Waals surface area contributed by atoms with Crippen LogP contribution < -0.4 is 0 Å². The van der Waals surface area contributed by atoms with Crippen LogP contribution in [0.1, 0.15) is 23.7 Å². The van der Waals surface area contributed by atoms with E-state index in [0.29, 0.717) is 36.8 Å². The van der Waals surface area contributed by atoms with E-state index in [4.69, 9.17) is 4.52 Å². The summed E-state index contributed by atoms with van der Waals surface area (Å²) in [5.41, 5.74) is 1.39. The van der Waals surface area contributed by atoms with Gasteiger partial charge < -0.3 is 4.52 Å². The van der Waals surface area contributed by atoms with E-state index in [-0.39, 0.29) is 17.5 Å². The molecule has 0 N–H and O–H groups in total. The Morgan fingerprint density at radius 3 is 2.59 bits per heavy atom. The Balaban J connectivity index is 1.45. The van der Waals surface area contributed by atoms with Gasteiger partial charge in [-0.3, -0.25) is 0 Å². The summed E-state index contributed by atoms with van der Waals surface area (Å²) >= 11 is 0. The molecule has 140 valence electrons. The smallest absolute Gasteiger partial charge is 0.257 e. The molecule has 2 aromatic carbocycles. The third-order valence-electron chi connectivity index (χ3n) is 4.63. The molecule has 6 nitrogen and oxygen atoms in total. The zero-order chi connectivity index (χ0) is 18.9. The van der Waals surface area contributed by atoms with Crippen molar-refractivity contribution in [1.82, 2.24) is 14.4 Å². The first-order valence-electron chi connectivity index (χ1n) is 8.62. The molecule has 1 aromatic heterocycles. The van der Waals surface area contributed by atoms with Crippen LogP contribution in [-0.2, 0) is 15.8 Å². The summed E-state index contributed by atoms with van der Waals surface area (Å²) in [6.45, 7) is 0.723. The second-order valence-electron chi connectivity index (χ2n) is 6.55. The molecule has 1 atom stereocenters. The van der Waals surface area contributed by atoms with Crippen LogP contribution in [0.2, 0.25) is 0 Å².